The van der Waals surface area contributed by atoms with Crippen molar-refractivity contribution < 1.29 is 5.11 Å². The molecule has 0 amide bonds. The summed E-state index contributed by atoms with van der Waals surface area (Å²) in [7, 11) is 0. The summed E-state index contributed by atoms with van der Waals surface area (Å²) in [4.78, 5) is 0. The van der Waals surface area contributed by atoms with Gasteiger partial charge in [0.25, 0.3) is 0 Å². The second kappa shape index (κ2) is 6.28. The fourth-order valence-electron chi connectivity index (χ4n) is 3.64. The number of aliphatic hydroxyl groups is 1. The molecule has 2 heteroatoms. The fourth-order valence-corrected chi connectivity index (χ4v) is 3.64. The minimum Gasteiger partial charge on any atom is -0.393 e. The second-order valence-corrected chi connectivity index (χ2v) is 6.80. The normalized spacial score (nSPS) is 33.7. The molecule has 0 aromatic heterocycles. The molecule has 0 bridgehead atoms. The molecule has 2 aliphatic rings. The number of nitrogens with one attached hydrogen (secondary N) is 1. The number of aliphatic hydroxyl groups excluding tert-OH is 1. The Morgan fingerprint density at radius 2 is 1.80 bits per heavy atom. The Bertz CT molecular complexity index is 422. The minimum absolute atomic E-state index is 0.0655. The van der Waals surface area contributed by atoms with Crippen LogP contribution in [0, 0.1) is 12.8 Å². The Kier molecular flexibility index (Phi) is 4.42. The molecule has 0 heterocycles. The molecule has 0 saturated heterocycles. The van der Waals surface area contributed by atoms with Gasteiger partial charge in [-0.15, -0.1) is 0 Å². The lowest BCUT2D eigenvalue weighted by molar-refractivity contribution is 0.0655. The van der Waals surface area contributed by atoms with E-state index in [9.17, 15) is 5.11 Å². The van der Waals surface area contributed by atoms with Gasteiger partial charge in [0, 0.05) is 12.6 Å². The summed E-state index contributed by atoms with van der Waals surface area (Å²) in [5.41, 5.74) is 2.83. The maximum atomic E-state index is 9.99. The van der Waals surface area contributed by atoms with E-state index in [1.165, 1.54) is 43.2 Å². The van der Waals surface area contributed by atoms with Gasteiger partial charge < -0.3 is 10.4 Å². The topological polar surface area (TPSA) is 32.3 Å². The van der Waals surface area contributed by atoms with Crippen LogP contribution in [-0.4, -0.2) is 23.8 Å². The molecule has 0 aliphatic heterocycles. The van der Waals surface area contributed by atoms with E-state index in [1.54, 1.807) is 0 Å². The number of aryl methyl sites for hydroxylation is 1. The van der Waals surface area contributed by atoms with Crippen LogP contribution in [0.3, 0.4) is 0 Å². The molecule has 3 rings (SSSR count). The summed E-state index contributed by atoms with van der Waals surface area (Å²) >= 11 is 0. The van der Waals surface area contributed by atoms with E-state index in [2.05, 4.69) is 36.5 Å². The van der Waals surface area contributed by atoms with E-state index in [4.69, 9.17) is 0 Å². The van der Waals surface area contributed by atoms with E-state index in [0.29, 0.717) is 12.0 Å². The maximum Gasteiger partial charge on any atom is 0.0580 e. The van der Waals surface area contributed by atoms with Crippen LogP contribution in [0.25, 0.3) is 0 Å². The van der Waals surface area contributed by atoms with Crippen LogP contribution in [0.5, 0.6) is 0 Å². The zero-order valence-corrected chi connectivity index (χ0v) is 12.5. The Morgan fingerprint density at radius 1 is 1.10 bits per heavy atom. The van der Waals surface area contributed by atoms with Crippen molar-refractivity contribution in [3.05, 3.63) is 35.4 Å². The molecule has 2 saturated carbocycles. The molecule has 0 radical (unpaired) electrons. The molecule has 2 N–H and O–H groups in total. The summed E-state index contributed by atoms with van der Waals surface area (Å²) in [6.07, 6.45) is 7.14. The Labute approximate surface area is 122 Å². The highest BCUT2D eigenvalue weighted by Crippen LogP contribution is 2.37. The van der Waals surface area contributed by atoms with Crippen LogP contribution < -0.4 is 5.32 Å². The van der Waals surface area contributed by atoms with Crippen LogP contribution in [-0.2, 0) is 0 Å². The highest BCUT2D eigenvalue weighted by Gasteiger charge is 2.31. The first kappa shape index (κ1) is 14.1. The zero-order valence-electron chi connectivity index (χ0n) is 12.5. The first-order valence-electron chi connectivity index (χ1n) is 8.20. The van der Waals surface area contributed by atoms with Crippen molar-refractivity contribution in [3.63, 3.8) is 0 Å². The molecule has 2 aliphatic carbocycles. The number of hydrogen-bond acceptors (Lipinski definition) is 2. The highest BCUT2D eigenvalue weighted by atomic mass is 16.3. The summed E-state index contributed by atoms with van der Waals surface area (Å²) in [6.45, 7) is 3.15. The quantitative estimate of drug-likeness (QED) is 0.881. The average Bonchev–Trinajstić information content (AvgIpc) is 2.41. The maximum absolute atomic E-state index is 9.99. The van der Waals surface area contributed by atoms with Crippen LogP contribution in [0.1, 0.15) is 55.6 Å². The number of benzene rings is 1. The van der Waals surface area contributed by atoms with Gasteiger partial charge in [-0.3, -0.25) is 0 Å². The van der Waals surface area contributed by atoms with E-state index >= 15 is 0 Å². The van der Waals surface area contributed by atoms with E-state index in [1.807, 2.05) is 0 Å². The van der Waals surface area contributed by atoms with Crippen LogP contribution >= 0.6 is 0 Å². The molecular formula is C18H27NO. The van der Waals surface area contributed by atoms with Gasteiger partial charge in [0.15, 0.2) is 0 Å². The monoisotopic (exact) mass is 273 g/mol. The Hall–Kier alpha value is -0.860. The standard InChI is InChI=1S/C18H27NO/c1-13-6-8-14(9-7-13)16-10-17(11-16)19-12-15-4-2-3-5-18(15)20/h6-9,15-20H,2-5,10-12H2,1H3. The fraction of sp³-hybridized carbons (Fsp3) is 0.667. The third kappa shape index (κ3) is 3.24. The van der Waals surface area contributed by atoms with Gasteiger partial charge in [-0.1, -0.05) is 42.7 Å². The van der Waals surface area contributed by atoms with Gasteiger partial charge in [0.1, 0.15) is 0 Å². The van der Waals surface area contributed by atoms with Gasteiger partial charge in [-0.25, -0.2) is 0 Å². The van der Waals surface area contributed by atoms with Crippen molar-refractivity contribution >= 4 is 0 Å². The molecule has 2 unspecified atom stereocenters. The van der Waals surface area contributed by atoms with Gasteiger partial charge in [-0.05, 0) is 50.0 Å². The van der Waals surface area contributed by atoms with Crippen LogP contribution in [0.2, 0.25) is 0 Å². The zero-order chi connectivity index (χ0) is 13.9. The van der Waals surface area contributed by atoms with Crippen molar-refractivity contribution in [3.8, 4) is 0 Å². The molecule has 2 fully saturated rings. The van der Waals surface area contributed by atoms with Crippen molar-refractivity contribution in [2.45, 2.75) is 63.5 Å². The van der Waals surface area contributed by atoms with E-state index in [0.717, 1.165) is 18.9 Å². The van der Waals surface area contributed by atoms with Crippen LogP contribution in [0.15, 0.2) is 24.3 Å². The SMILES string of the molecule is Cc1ccc(C2CC(NCC3CCCCC3O)C2)cc1. The van der Waals surface area contributed by atoms with Crippen LogP contribution in [0.4, 0.5) is 0 Å². The van der Waals surface area contributed by atoms with Crippen molar-refractivity contribution in [1.82, 2.24) is 5.32 Å². The Morgan fingerprint density at radius 3 is 2.50 bits per heavy atom. The molecule has 2 nitrogen and oxygen atoms in total. The first-order chi connectivity index (χ1) is 9.72. The first-order valence-corrected chi connectivity index (χ1v) is 8.20. The molecule has 2 atom stereocenters. The predicted octanol–water partition coefficient (Wildman–Crippen LogP) is 3.38. The second-order valence-electron chi connectivity index (χ2n) is 6.80. The highest BCUT2D eigenvalue weighted by molar-refractivity contribution is 5.26. The summed E-state index contributed by atoms with van der Waals surface area (Å²) in [6, 6.07) is 9.65. The molecule has 1 aromatic rings. The van der Waals surface area contributed by atoms with Crippen molar-refractivity contribution in [1.29, 1.82) is 0 Å². The van der Waals surface area contributed by atoms with Crippen molar-refractivity contribution in [2.24, 2.45) is 5.92 Å². The molecule has 110 valence electrons. The van der Waals surface area contributed by atoms with E-state index in [-0.39, 0.29) is 6.10 Å². The van der Waals surface area contributed by atoms with Gasteiger partial charge in [-0.2, -0.15) is 0 Å². The molecule has 20 heavy (non-hydrogen) atoms. The lowest BCUT2D eigenvalue weighted by Crippen LogP contribution is -2.44. The summed E-state index contributed by atoms with van der Waals surface area (Å²) in [5, 5.41) is 13.7. The molecule has 1 aromatic carbocycles. The smallest absolute Gasteiger partial charge is 0.0580 e. The van der Waals surface area contributed by atoms with E-state index < -0.39 is 0 Å². The lowest BCUT2D eigenvalue weighted by atomic mass is 9.75. The molecular weight excluding hydrogens is 246 g/mol. The number of rotatable bonds is 4. The summed E-state index contributed by atoms with van der Waals surface area (Å²) < 4.78 is 0. The lowest BCUT2D eigenvalue weighted by Gasteiger charge is -2.38. The number of hydrogen-bond donors (Lipinski definition) is 2. The largest absolute Gasteiger partial charge is 0.393 e. The summed E-state index contributed by atoms with van der Waals surface area (Å²) in [5.74, 6) is 1.23. The minimum atomic E-state index is -0.0655. The third-order valence-corrected chi connectivity index (χ3v) is 5.22. The molecule has 0 spiro atoms. The van der Waals surface area contributed by atoms with Gasteiger partial charge in [0.05, 0.1) is 6.10 Å². The Balaban J connectivity index is 1.41. The third-order valence-electron chi connectivity index (χ3n) is 5.22. The van der Waals surface area contributed by atoms with Gasteiger partial charge in [0.2, 0.25) is 0 Å². The predicted molar refractivity (Wildman–Crippen MR) is 82.9 cm³/mol. The van der Waals surface area contributed by atoms with Crippen molar-refractivity contribution in [2.75, 3.05) is 6.54 Å². The van der Waals surface area contributed by atoms with Gasteiger partial charge >= 0.3 is 0 Å². The average molecular weight is 273 g/mol.